The normalized spacial score (nSPS) is 12.3. The number of nitrogens with zero attached hydrogens (tertiary/aromatic N) is 4. The summed E-state index contributed by atoms with van der Waals surface area (Å²) in [6.45, 7) is 23.5. The van der Waals surface area contributed by atoms with Crippen molar-refractivity contribution in [3.63, 3.8) is 0 Å². The Kier molecular flexibility index (Phi) is 45.3. The molecule has 0 heterocycles. The second kappa shape index (κ2) is 46.3. The van der Waals surface area contributed by atoms with Gasteiger partial charge in [0.1, 0.15) is 0 Å². The number of nitrogens with one attached hydrogen (secondary N) is 2. The number of hydrogen-bond donors (Lipinski definition) is 2. The molecule has 59 heavy (non-hydrogen) atoms. The molecule has 0 aliphatic heterocycles. The summed E-state index contributed by atoms with van der Waals surface area (Å²) in [6.07, 6.45) is 39.0. The van der Waals surface area contributed by atoms with E-state index in [0.29, 0.717) is 25.6 Å². The van der Waals surface area contributed by atoms with Gasteiger partial charge in [-0.25, -0.2) is 0 Å². The van der Waals surface area contributed by atoms with Crippen molar-refractivity contribution in [3.05, 3.63) is 0 Å². The predicted molar refractivity (Wildman–Crippen MR) is 260 cm³/mol. The molecule has 0 spiro atoms. The zero-order valence-electron chi connectivity index (χ0n) is 41.0. The van der Waals surface area contributed by atoms with Crippen molar-refractivity contribution in [3.8, 4) is 0 Å². The standard InChI is InChI=1S/C51H106N6O2/c1-7-11-15-19-23-27-31-37-54(38-32-28-24-20-16-12-8-2)44-45-56(40-34-30-26-22-18-14-10-4)48-51(59)57(43-36-53-49-58)42-35-41-55(47-50(5)46-52-6)39-33-29-25-21-17-13-9-3/h49-50,52H,7-48H2,1-6H3,(H,53,58). The quantitative estimate of drug-likeness (QED) is 0.0470. The molecule has 352 valence electrons. The summed E-state index contributed by atoms with van der Waals surface area (Å²) in [4.78, 5) is 35.4. The maximum Gasteiger partial charge on any atom is 0.236 e. The number of unbranched alkanes of at least 4 members (excludes halogenated alkanes) is 24. The van der Waals surface area contributed by atoms with E-state index in [0.717, 1.165) is 65.2 Å². The van der Waals surface area contributed by atoms with Crippen LogP contribution in [-0.4, -0.2) is 124 Å². The Bertz CT molecular complexity index is 844. The minimum Gasteiger partial charge on any atom is -0.357 e. The monoisotopic (exact) mass is 835 g/mol. The molecule has 0 saturated carbocycles. The van der Waals surface area contributed by atoms with Crippen molar-refractivity contribution in [2.75, 3.05) is 92.1 Å². The van der Waals surface area contributed by atoms with Crippen molar-refractivity contribution >= 4 is 12.3 Å². The smallest absolute Gasteiger partial charge is 0.236 e. The molecule has 1 unspecified atom stereocenters. The van der Waals surface area contributed by atoms with Crippen LogP contribution in [0.1, 0.15) is 221 Å². The molecule has 8 nitrogen and oxygen atoms in total. The topological polar surface area (TPSA) is 71.2 Å². The van der Waals surface area contributed by atoms with Gasteiger partial charge in [0.25, 0.3) is 0 Å². The number of amides is 2. The number of carbonyl (C=O) groups is 2. The van der Waals surface area contributed by atoms with Gasteiger partial charge in [-0.1, -0.05) is 189 Å². The first-order valence-corrected chi connectivity index (χ1v) is 26.2. The second-order valence-electron chi connectivity index (χ2n) is 18.4. The molecule has 0 radical (unpaired) electrons. The Morgan fingerprint density at radius 3 is 1.25 bits per heavy atom. The molecular formula is C51H106N6O2. The van der Waals surface area contributed by atoms with Gasteiger partial charge in [-0.2, -0.15) is 0 Å². The Labute approximate surface area is 369 Å². The highest BCUT2D eigenvalue weighted by atomic mass is 16.2. The Balaban J connectivity index is 5.62. The fraction of sp³-hybridized carbons (Fsp3) is 0.961. The van der Waals surface area contributed by atoms with E-state index in [1.165, 1.54) is 193 Å². The minimum atomic E-state index is 0.230. The summed E-state index contributed by atoms with van der Waals surface area (Å²) in [7, 11) is 2.05. The predicted octanol–water partition coefficient (Wildman–Crippen LogP) is 11.7. The van der Waals surface area contributed by atoms with Crippen LogP contribution in [0.3, 0.4) is 0 Å². The highest BCUT2D eigenvalue weighted by Gasteiger charge is 2.19. The van der Waals surface area contributed by atoms with Gasteiger partial charge in [0.05, 0.1) is 6.54 Å². The molecule has 0 aliphatic carbocycles. The van der Waals surface area contributed by atoms with Gasteiger partial charge in [0.2, 0.25) is 12.3 Å². The van der Waals surface area contributed by atoms with E-state index in [2.05, 4.69) is 71.9 Å². The molecular weight excluding hydrogens is 729 g/mol. The third kappa shape index (κ3) is 39.4. The zero-order chi connectivity index (χ0) is 43.3. The van der Waals surface area contributed by atoms with Crippen LogP contribution in [0.25, 0.3) is 0 Å². The fourth-order valence-electron chi connectivity index (χ4n) is 8.60. The summed E-state index contributed by atoms with van der Waals surface area (Å²) < 4.78 is 0. The maximum absolute atomic E-state index is 14.2. The van der Waals surface area contributed by atoms with Gasteiger partial charge in [0.15, 0.2) is 0 Å². The van der Waals surface area contributed by atoms with Crippen molar-refractivity contribution in [1.29, 1.82) is 0 Å². The number of hydrogen-bond acceptors (Lipinski definition) is 6. The first kappa shape index (κ1) is 57.8. The van der Waals surface area contributed by atoms with Crippen LogP contribution in [0.2, 0.25) is 0 Å². The van der Waals surface area contributed by atoms with Crippen molar-refractivity contribution in [2.45, 2.75) is 221 Å². The third-order valence-corrected chi connectivity index (χ3v) is 12.4. The van der Waals surface area contributed by atoms with Crippen LogP contribution in [-0.2, 0) is 9.59 Å². The molecule has 0 saturated heterocycles. The van der Waals surface area contributed by atoms with E-state index >= 15 is 0 Å². The van der Waals surface area contributed by atoms with Crippen molar-refractivity contribution in [2.24, 2.45) is 5.92 Å². The maximum atomic E-state index is 14.2. The third-order valence-electron chi connectivity index (χ3n) is 12.4. The van der Waals surface area contributed by atoms with Crippen LogP contribution in [0.15, 0.2) is 0 Å². The van der Waals surface area contributed by atoms with Crippen LogP contribution in [0.5, 0.6) is 0 Å². The van der Waals surface area contributed by atoms with Crippen molar-refractivity contribution in [1.82, 2.24) is 30.2 Å². The van der Waals surface area contributed by atoms with Crippen LogP contribution in [0, 0.1) is 5.92 Å². The lowest BCUT2D eigenvalue weighted by Gasteiger charge is -2.31. The van der Waals surface area contributed by atoms with Gasteiger partial charge in [0, 0.05) is 39.3 Å². The molecule has 0 bridgehead atoms. The first-order chi connectivity index (χ1) is 28.9. The van der Waals surface area contributed by atoms with E-state index in [-0.39, 0.29) is 5.91 Å². The lowest BCUT2D eigenvalue weighted by Crippen LogP contribution is -2.46. The lowest BCUT2D eigenvalue weighted by molar-refractivity contribution is -0.132. The summed E-state index contributed by atoms with van der Waals surface area (Å²) in [5.74, 6) is 0.823. The van der Waals surface area contributed by atoms with Gasteiger partial charge in [-0.3, -0.25) is 14.5 Å². The van der Waals surface area contributed by atoms with E-state index in [4.69, 9.17) is 0 Å². The van der Waals surface area contributed by atoms with E-state index in [9.17, 15) is 9.59 Å². The average molecular weight is 835 g/mol. The number of rotatable bonds is 49. The summed E-state index contributed by atoms with van der Waals surface area (Å²) in [5.41, 5.74) is 0. The minimum absolute atomic E-state index is 0.230. The summed E-state index contributed by atoms with van der Waals surface area (Å²) in [5, 5.41) is 6.22. The summed E-state index contributed by atoms with van der Waals surface area (Å²) in [6, 6.07) is 0. The Morgan fingerprint density at radius 1 is 0.458 bits per heavy atom. The summed E-state index contributed by atoms with van der Waals surface area (Å²) >= 11 is 0. The highest BCUT2D eigenvalue weighted by molar-refractivity contribution is 5.78. The fourth-order valence-corrected chi connectivity index (χ4v) is 8.60. The van der Waals surface area contributed by atoms with Crippen LogP contribution < -0.4 is 10.6 Å². The van der Waals surface area contributed by atoms with Crippen LogP contribution in [0.4, 0.5) is 0 Å². The molecule has 0 aromatic carbocycles. The van der Waals surface area contributed by atoms with Crippen molar-refractivity contribution < 1.29 is 9.59 Å². The van der Waals surface area contributed by atoms with Gasteiger partial charge >= 0.3 is 0 Å². The zero-order valence-corrected chi connectivity index (χ0v) is 41.0. The molecule has 0 aliphatic rings. The molecule has 0 fully saturated rings. The average Bonchev–Trinajstić information content (AvgIpc) is 3.23. The molecule has 2 amide bonds. The molecule has 0 aromatic rings. The molecule has 0 rings (SSSR count). The SMILES string of the molecule is CCCCCCCCCN(CCCCCCCCC)CCN(CCCCCCCCC)CC(=O)N(CCCN(CCCCCCCCC)CC(C)CNC)CCNC=O. The molecule has 2 N–H and O–H groups in total. The Hall–Kier alpha value is -1.22. The molecule has 0 aromatic heterocycles. The van der Waals surface area contributed by atoms with Gasteiger partial charge in [-0.15, -0.1) is 0 Å². The molecule has 8 heteroatoms. The van der Waals surface area contributed by atoms with Crippen LogP contribution >= 0.6 is 0 Å². The Morgan fingerprint density at radius 2 is 0.831 bits per heavy atom. The van der Waals surface area contributed by atoms with E-state index < -0.39 is 0 Å². The van der Waals surface area contributed by atoms with E-state index in [1.54, 1.807) is 0 Å². The first-order valence-electron chi connectivity index (χ1n) is 26.2. The second-order valence-corrected chi connectivity index (χ2v) is 18.4. The lowest BCUT2D eigenvalue weighted by atomic mass is 10.1. The van der Waals surface area contributed by atoms with Gasteiger partial charge < -0.3 is 25.3 Å². The largest absolute Gasteiger partial charge is 0.357 e. The van der Waals surface area contributed by atoms with E-state index in [1.807, 2.05) is 0 Å². The number of carbonyl (C=O) groups excluding carboxylic acids is 2. The van der Waals surface area contributed by atoms with Gasteiger partial charge in [-0.05, 0) is 84.3 Å². The molecule has 1 atom stereocenters. The highest BCUT2D eigenvalue weighted by Crippen LogP contribution is 2.13.